The molecule has 1 aromatic carbocycles. The van der Waals surface area contributed by atoms with Gasteiger partial charge in [-0.25, -0.2) is 0 Å². The lowest BCUT2D eigenvalue weighted by molar-refractivity contribution is -0.126. The standard InChI is InChI=1S/C16H26N4O/c1-16(2,20-11-9-17-10-12-20)15(21)18-13-7-5-6-8-14(13)19(3)4/h5-8,17H,9-12H2,1-4H3,(H,18,21). The van der Waals surface area contributed by atoms with Crippen LogP contribution >= 0.6 is 0 Å². The Bertz CT molecular complexity index is 493. The Morgan fingerprint density at radius 1 is 1.24 bits per heavy atom. The third-order valence-corrected chi connectivity index (χ3v) is 4.10. The van der Waals surface area contributed by atoms with Crippen LogP contribution in [0.25, 0.3) is 0 Å². The molecule has 0 spiro atoms. The zero-order valence-electron chi connectivity index (χ0n) is 13.4. The minimum absolute atomic E-state index is 0.0405. The van der Waals surface area contributed by atoms with Crippen LogP contribution in [0.5, 0.6) is 0 Å². The number of para-hydroxylation sites is 2. The molecule has 1 saturated heterocycles. The quantitative estimate of drug-likeness (QED) is 0.879. The molecular weight excluding hydrogens is 264 g/mol. The third kappa shape index (κ3) is 3.54. The number of nitrogens with one attached hydrogen (secondary N) is 2. The first-order valence-electron chi connectivity index (χ1n) is 7.46. The first-order chi connectivity index (χ1) is 9.93. The van der Waals surface area contributed by atoms with Crippen LogP contribution in [0, 0.1) is 0 Å². The molecule has 0 aromatic heterocycles. The van der Waals surface area contributed by atoms with Crippen molar-refractivity contribution in [2.45, 2.75) is 19.4 Å². The lowest BCUT2D eigenvalue weighted by Crippen LogP contribution is -2.58. The molecule has 2 N–H and O–H groups in total. The second-order valence-corrected chi connectivity index (χ2v) is 6.16. The number of hydrogen-bond donors (Lipinski definition) is 2. The van der Waals surface area contributed by atoms with Gasteiger partial charge in [-0.2, -0.15) is 0 Å². The van der Waals surface area contributed by atoms with Gasteiger partial charge in [-0.3, -0.25) is 9.69 Å². The number of amides is 1. The lowest BCUT2D eigenvalue weighted by atomic mass is 10.00. The Hall–Kier alpha value is -1.59. The molecule has 1 heterocycles. The number of nitrogens with zero attached hydrogens (tertiary/aromatic N) is 2. The molecule has 1 aliphatic heterocycles. The van der Waals surface area contributed by atoms with Crippen LogP contribution in [0.15, 0.2) is 24.3 Å². The predicted molar refractivity (Wildman–Crippen MR) is 87.9 cm³/mol. The van der Waals surface area contributed by atoms with Crippen LogP contribution < -0.4 is 15.5 Å². The normalized spacial score (nSPS) is 16.6. The van der Waals surface area contributed by atoms with Gasteiger partial charge < -0.3 is 15.5 Å². The summed E-state index contributed by atoms with van der Waals surface area (Å²) in [6, 6.07) is 7.88. The fourth-order valence-electron chi connectivity index (χ4n) is 2.61. The van der Waals surface area contributed by atoms with Crippen molar-refractivity contribution >= 4 is 17.3 Å². The molecule has 0 saturated carbocycles. The summed E-state index contributed by atoms with van der Waals surface area (Å²) in [4.78, 5) is 17.0. The Morgan fingerprint density at radius 3 is 2.48 bits per heavy atom. The predicted octanol–water partition coefficient (Wildman–Crippen LogP) is 1.37. The number of hydrogen-bond acceptors (Lipinski definition) is 4. The van der Waals surface area contributed by atoms with Gasteiger partial charge in [-0.1, -0.05) is 12.1 Å². The van der Waals surface area contributed by atoms with E-state index in [0.29, 0.717) is 0 Å². The zero-order chi connectivity index (χ0) is 15.5. The second kappa shape index (κ2) is 6.45. The average molecular weight is 290 g/mol. The molecule has 1 fully saturated rings. The molecule has 0 unspecified atom stereocenters. The van der Waals surface area contributed by atoms with Crippen LogP contribution in [0.4, 0.5) is 11.4 Å². The number of piperazine rings is 1. The monoisotopic (exact) mass is 290 g/mol. The smallest absolute Gasteiger partial charge is 0.244 e. The summed E-state index contributed by atoms with van der Waals surface area (Å²) in [5, 5.41) is 6.41. The van der Waals surface area contributed by atoms with Crippen LogP contribution in [0.1, 0.15) is 13.8 Å². The molecule has 0 aliphatic carbocycles. The summed E-state index contributed by atoms with van der Waals surface area (Å²) in [5.74, 6) is 0.0405. The maximum atomic E-state index is 12.7. The first-order valence-corrected chi connectivity index (χ1v) is 7.46. The Kier molecular flexibility index (Phi) is 4.85. The van der Waals surface area contributed by atoms with Crippen molar-refractivity contribution in [2.75, 3.05) is 50.5 Å². The Morgan fingerprint density at radius 2 is 1.86 bits per heavy atom. The van der Waals surface area contributed by atoms with Gasteiger partial charge in [0.1, 0.15) is 0 Å². The molecule has 21 heavy (non-hydrogen) atoms. The molecule has 5 heteroatoms. The SMILES string of the molecule is CN(C)c1ccccc1NC(=O)C(C)(C)N1CCNCC1. The highest BCUT2D eigenvalue weighted by Crippen LogP contribution is 2.25. The van der Waals surface area contributed by atoms with Crippen molar-refractivity contribution in [3.05, 3.63) is 24.3 Å². The van der Waals surface area contributed by atoms with E-state index < -0.39 is 5.54 Å². The number of rotatable bonds is 4. The highest BCUT2D eigenvalue weighted by atomic mass is 16.2. The van der Waals surface area contributed by atoms with E-state index in [1.165, 1.54) is 0 Å². The van der Waals surface area contributed by atoms with Gasteiger partial charge in [-0.15, -0.1) is 0 Å². The summed E-state index contributed by atoms with van der Waals surface area (Å²) in [7, 11) is 3.96. The van der Waals surface area contributed by atoms with Gasteiger partial charge in [0.15, 0.2) is 0 Å². The van der Waals surface area contributed by atoms with Crippen molar-refractivity contribution < 1.29 is 4.79 Å². The van der Waals surface area contributed by atoms with Gasteiger partial charge in [0.25, 0.3) is 0 Å². The molecule has 0 atom stereocenters. The summed E-state index contributed by atoms with van der Waals surface area (Å²) in [5.41, 5.74) is 1.36. The molecule has 0 bridgehead atoms. The molecule has 1 aromatic rings. The molecule has 0 radical (unpaired) electrons. The summed E-state index contributed by atoms with van der Waals surface area (Å²) >= 11 is 0. The van der Waals surface area contributed by atoms with E-state index in [0.717, 1.165) is 37.6 Å². The van der Waals surface area contributed by atoms with Crippen molar-refractivity contribution in [3.8, 4) is 0 Å². The van der Waals surface area contributed by atoms with E-state index in [2.05, 4.69) is 15.5 Å². The van der Waals surface area contributed by atoms with Crippen LogP contribution in [-0.4, -0.2) is 56.6 Å². The van der Waals surface area contributed by atoms with Crippen molar-refractivity contribution in [3.63, 3.8) is 0 Å². The molecule has 5 nitrogen and oxygen atoms in total. The zero-order valence-corrected chi connectivity index (χ0v) is 13.4. The van der Waals surface area contributed by atoms with Crippen LogP contribution in [0.3, 0.4) is 0 Å². The summed E-state index contributed by atoms with van der Waals surface area (Å²) in [6.45, 7) is 7.65. The number of carbonyl (C=O) groups excluding carboxylic acids is 1. The van der Waals surface area contributed by atoms with Gasteiger partial charge in [0.05, 0.1) is 16.9 Å². The minimum Gasteiger partial charge on any atom is -0.376 e. The molecule has 1 amide bonds. The van der Waals surface area contributed by atoms with Crippen molar-refractivity contribution in [2.24, 2.45) is 0 Å². The average Bonchev–Trinajstić information content (AvgIpc) is 2.48. The van der Waals surface area contributed by atoms with Gasteiger partial charge in [0.2, 0.25) is 5.91 Å². The highest BCUT2D eigenvalue weighted by Gasteiger charge is 2.35. The van der Waals surface area contributed by atoms with E-state index in [-0.39, 0.29) is 5.91 Å². The highest BCUT2D eigenvalue weighted by molar-refractivity contribution is 6.00. The first kappa shape index (κ1) is 15.8. The maximum absolute atomic E-state index is 12.7. The largest absolute Gasteiger partial charge is 0.376 e. The Balaban J connectivity index is 2.13. The molecule has 116 valence electrons. The maximum Gasteiger partial charge on any atom is 0.244 e. The van der Waals surface area contributed by atoms with E-state index in [1.54, 1.807) is 0 Å². The van der Waals surface area contributed by atoms with E-state index in [1.807, 2.05) is 57.1 Å². The second-order valence-electron chi connectivity index (χ2n) is 6.16. The molecule has 1 aliphatic rings. The minimum atomic E-state index is -0.512. The summed E-state index contributed by atoms with van der Waals surface area (Å²) in [6.07, 6.45) is 0. The third-order valence-electron chi connectivity index (χ3n) is 4.10. The summed E-state index contributed by atoms with van der Waals surface area (Å²) < 4.78 is 0. The van der Waals surface area contributed by atoms with Gasteiger partial charge >= 0.3 is 0 Å². The lowest BCUT2D eigenvalue weighted by Gasteiger charge is -2.40. The van der Waals surface area contributed by atoms with Crippen LogP contribution in [0.2, 0.25) is 0 Å². The fraction of sp³-hybridized carbons (Fsp3) is 0.562. The number of carbonyl (C=O) groups is 1. The Labute approximate surface area is 127 Å². The van der Waals surface area contributed by atoms with Crippen molar-refractivity contribution in [1.82, 2.24) is 10.2 Å². The number of benzene rings is 1. The topological polar surface area (TPSA) is 47.6 Å². The fourth-order valence-corrected chi connectivity index (χ4v) is 2.61. The van der Waals surface area contributed by atoms with Gasteiger partial charge in [-0.05, 0) is 26.0 Å². The molecule has 2 rings (SSSR count). The van der Waals surface area contributed by atoms with Crippen LogP contribution in [-0.2, 0) is 4.79 Å². The van der Waals surface area contributed by atoms with Gasteiger partial charge in [0, 0.05) is 40.3 Å². The van der Waals surface area contributed by atoms with Crippen molar-refractivity contribution in [1.29, 1.82) is 0 Å². The van der Waals surface area contributed by atoms with E-state index in [9.17, 15) is 4.79 Å². The van der Waals surface area contributed by atoms with E-state index in [4.69, 9.17) is 0 Å². The van der Waals surface area contributed by atoms with E-state index >= 15 is 0 Å². The molecular formula is C16H26N4O. The number of anilines is 2.